The van der Waals surface area contributed by atoms with Gasteiger partial charge in [0.15, 0.2) is 17.2 Å². The number of amides is 1. The molecule has 0 aliphatic carbocycles. The predicted octanol–water partition coefficient (Wildman–Crippen LogP) is 2.86. The van der Waals surface area contributed by atoms with Crippen molar-refractivity contribution in [3.8, 4) is 11.5 Å². The Kier molecular flexibility index (Phi) is 4.78. The second kappa shape index (κ2) is 7.44. The number of rotatable bonds is 5. The van der Waals surface area contributed by atoms with Crippen molar-refractivity contribution in [2.45, 2.75) is 39.1 Å². The van der Waals surface area contributed by atoms with Gasteiger partial charge in [0.2, 0.25) is 12.2 Å². The number of alkyl halides is 2. The number of carbonyl (C=O) groups excluding carboxylic acids is 1. The van der Waals surface area contributed by atoms with Gasteiger partial charge in [-0.1, -0.05) is 0 Å². The Hall–Kier alpha value is -3.67. The Bertz CT molecular complexity index is 1210. The van der Waals surface area contributed by atoms with E-state index in [9.17, 15) is 13.6 Å². The van der Waals surface area contributed by atoms with Crippen LogP contribution in [-0.4, -0.2) is 48.5 Å². The maximum absolute atomic E-state index is 13.4. The number of hydrogen-bond donors (Lipinski definition) is 1. The van der Waals surface area contributed by atoms with Crippen LogP contribution in [0.5, 0.6) is 11.5 Å². The number of fused-ring (bicyclic) bond motifs is 2. The summed E-state index contributed by atoms with van der Waals surface area (Å²) >= 11 is 0. The first-order valence-corrected chi connectivity index (χ1v) is 10.2. The highest BCUT2D eigenvalue weighted by atomic mass is 19.3. The van der Waals surface area contributed by atoms with E-state index >= 15 is 0 Å². The van der Waals surface area contributed by atoms with Crippen LogP contribution in [-0.2, 0) is 16.0 Å². The van der Waals surface area contributed by atoms with Crippen LogP contribution < -0.4 is 19.7 Å². The summed E-state index contributed by atoms with van der Waals surface area (Å²) in [5, 5.41) is 3.01. The lowest BCUT2D eigenvalue weighted by Gasteiger charge is -2.24. The second-order valence-corrected chi connectivity index (χ2v) is 7.84. The Balaban J connectivity index is 1.52. The zero-order chi connectivity index (χ0) is 23.5. The molecule has 3 aliphatic rings. The molecule has 0 fully saturated rings. The molecule has 12 heteroatoms. The SMILES string of the molecule is COC1=C(c2nc3c(n2C(C)C)CN(c2ccc4c(c2)OC(F)(F)O4)C3=O)C=NC(OC)N1. The van der Waals surface area contributed by atoms with E-state index in [1.165, 1.54) is 37.3 Å². The number of aliphatic imine (C=N–C) groups is 1. The first-order chi connectivity index (χ1) is 15.7. The van der Waals surface area contributed by atoms with Gasteiger partial charge in [0.05, 0.1) is 24.9 Å². The summed E-state index contributed by atoms with van der Waals surface area (Å²) in [6.45, 7) is 4.15. The monoisotopic (exact) mass is 461 g/mol. The number of imidazole rings is 1. The molecule has 1 N–H and O–H groups in total. The molecule has 1 aromatic heterocycles. The molecule has 3 aliphatic heterocycles. The fourth-order valence-corrected chi connectivity index (χ4v) is 4.07. The van der Waals surface area contributed by atoms with Gasteiger partial charge in [-0.2, -0.15) is 0 Å². The molecule has 0 saturated carbocycles. The maximum Gasteiger partial charge on any atom is 0.586 e. The molecule has 0 bridgehead atoms. The fourth-order valence-electron chi connectivity index (χ4n) is 4.07. The van der Waals surface area contributed by atoms with Gasteiger partial charge in [0.25, 0.3) is 5.91 Å². The largest absolute Gasteiger partial charge is 0.586 e. The van der Waals surface area contributed by atoms with Crippen molar-refractivity contribution < 1.29 is 32.5 Å². The molecule has 0 radical (unpaired) electrons. The summed E-state index contributed by atoms with van der Waals surface area (Å²) in [4.78, 5) is 23.6. The number of anilines is 1. The second-order valence-electron chi connectivity index (χ2n) is 7.84. The number of hydrogen-bond acceptors (Lipinski definition) is 8. The number of carbonyl (C=O) groups is 1. The number of methoxy groups -OCH3 is 2. The molecule has 0 saturated heterocycles. The quantitative estimate of drug-likeness (QED) is 0.731. The third kappa shape index (κ3) is 3.37. The average Bonchev–Trinajstić information content (AvgIpc) is 3.41. The molecule has 5 rings (SSSR count). The van der Waals surface area contributed by atoms with Crippen molar-refractivity contribution in [3.63, 3.8) is 0 Å². The molecule has 10 nitrogen and oxygen atoms in total. The van der Waals surface area contributed by atoms with Crippen LogP contribution in [0.25, 0.3) is 5.57 Å². The van der Waals surface area contributed by atoms with Gasteiger partial charge in [-0.15, -0.1) is 8.78 Å². The number of allylic oxidation sites excluding steroid dienone is 1. The van der Waals surface area contributed by atoms with Crippen LogP contribution in [0.3, 0.4) is 0 Å². The van der Waals surface area contributed by atoms with Crippen LogP contribution in [0, 0.1) is 0 Å². The number of nitrogens with zero attached hydrogens (tertiary/aromatic N) is 4. The Labute approximate surface area is 187 Å². The molecule has 33 heavy (non-hydrogen) atoms. The van der Waals surface area contributed by atoms with E-state index in [1.54, 1.807) is 6.21 Å². The molecule has 1 unspecified atom stereocenters. The van der Waals surface area contributed by atoms with Gasteiger partial charge in [0.1, 0.15) is 5.82 Å². The van der Waals surface area contributed by atoms with Crippen molar-refractivity contribution in [1.29, 1.82) is 0 Å². The normalized spacial score (nSPS) is 20.5. The van der Waals surface area contributed by atoms with Gasteiger partial charge < -0.3 is 33.7 Å². The maximum atomic E-state index is 13.4. The first-order valence-electron chi connectivity index (χ1n) is 10.2. The molecular formula is C21H21F2N5O5. The zero-order valence-electron chi connectivity index (χ0n) is 18.3. The van der Waals surface area contributed by atoms with Gasteiger partial charge in [0, 0.05) is 31.1 Å². The Morgan fingerprint density at radius 1 is 1.24 bits per heavy atom. The van der Waals surface area contributed by atoms with Crippen LogP contribution in [0.4, 0.5) is 14.5 Å². The Morgan fingerprint density at radius 2 is 2.00 bits per heavy atom. The summed E-state index contributed by atoms with van der Waals surface area (Å²) in [5.74, 6) is 0.373. The minimum absolute atomic E-state index is 0.0430. The topological polar surface area (TPSA) is 99.4 Å². The average molecular weight is 461 g/mol. The number of halogens is 2. The molecule has 4 heterocycles. The third-order valence-corrected chi connectivity index (χ3v) is 5.49. The van der Waals surface area contributed by atoms with Crippen LogP contribution >= 0.6 is 0 Å². The summed E-state index contributed by atoms with van der Waals surface area (Å²) in [6.07, 6.45) is -2.72. The summed E-state index contributed by atoms with van der Waals surface area (Å²) in [7, 11) is 3.03. The standard InChI is InChI=1S/C21H21F2N5O5/c1-10(2)28-13-9-27(11-5-6-14-15(7-11)33-21(22,23)32-14)19(29)16(13)25-17(28)12-8-24-20(31-4)26-18(12)30-3/h5-8,10,20,26H,9H2,1-4H3. The van der Waals surface area contributed by atoms with E-state index in [0.717, 1.165) is 0 Å². The van der Waals surface area contributed by atoms with Crippen molar-refractivity contribution in [2.75, 3.05) is 19.1 Å². The zero-order valence-corrected chi connectivity index (χ0v) is 18.3. The lowest BCUT2D eigenvalue weighted by molar-refractivity contribution is -0.286. The molecule has 1 aromatic carbocycles. The summed E-state index contributed by atoms with van der Waals surface area (Å²) in [6, 6.07) is 4.19. The highest BCUT2D eigenvalue weighted by Crippen LogP contribution is 2.44. The van der Waals surface area contributed by atoms with E-state index in [-0.39, 0.29) is 35.7 Å². The van der Waals surface area contributed by atoms with Crippen LogP contribution in [0.15, 0.2) is 29.1 Å². The van der Waals surface area contributed by atoms with Gasteiger partial charge in [-0.05, 0) is 26.0 Å². The Morgan fingerprint density at radius 3 is 2.70 bits per heavy atom. The minimum Gasteiger partial charge on any atom is -0.482 e. The molecule has 0 spiro atoms. The summed E-state index contributed by atoms with van der Waals surface area (Å²) in [5.41, 5.74) is 1.94. The van der Waals surface area contributed by atoms with Crippen LogP contribution in [0.2, 0.25) is 0 Å². The highest BCUT2D eigenvalue weighted by molar-refractivity contribution is 6.12. The molecular weight excluding hydrogens is 440 g/mol. The number of benzene rings is 1. The van der Waals surface area contributed by atoms with Gasteiger partial charge in [-0.25, -0.2) is 9.98 Å². The van der Waals surface area contributed by atoms with Crippen molar-refractivity contribution in [1.82, 2.24) is 14.9 Å². The fraction of sp³-hybridized carbons (Fsp3) is 0.381. The molecule has 1 atom stereocenters. The van der Waals surface area contributed by atoms with Crippen molar-refractivity contribution in [3.05, 3.63) is 41.3 Å². The van der Waals surface area contributed by atoms with Crippen LogP contribution in [0.1, 0.15) is 41.9 Å². The molecule has 174 valence electrons. The lowest BCUT2D eigenvalue weighted by atomic mass is 10.2. The number of ether oxygens (including phenoxy) is 4. The van der Waals surface area contributed by atoms with E-state index in [4.69, 9.17) is 9.47 Å². The van der Waals surface area contributed by atoms with E-state index in [1.807, 2.05) is 18.4 Å². The predicted molar refractivity (Wildman–Crippen MR) is 112 cm³/mol. The van der Waals surface area contributed by atoms with Crippen molar-refractivity contribution in [2.24, 2.45) is 4.99 Å². The number of nitrogens with one attached hydrogen (secondary N) is 1. The minimum atomic E-state index is -3.73. The molecule has 1 amide bonds. The smallest absolute Gasteiger partial charge is 0.482 e. The summed E-state index contributed by atoms with van der Waals surface area (Å²) < 4.78 is 48.3. The van der Waals surface area contributed by atoms with Crippen molar-refractivity contribution >= 4 is 23.4 Å². The molecule has 2 aromatic rings. The first kappa shape index (κ1) is 21.2. The highest BCUT2D eigenvalue weighted by Gasteiger charge is 2.44. The van der Waals surface area contributed by atoms with Gasteiger partial charge >= 0.3 is 6.29 Å². The van der Waals surface area contributed by atoms with Gasteiger partial charge in [-0.3, -0.25) is 4.79 Å². The van der Waals surface area contributed by atoms with E-state index < -0.39 is 12.6 Å². The lowest BCUT2D eigenvalue weighted by Crippen LogP contribution is -2.34. The van der Waals surface area contributed by atoms with E-state index in [0.29, 0.717) is 28.7 Å². The number of aromatic nitrogens is 2. The third-order valence-electron chi connectivity index (χ3n) is 5.49. The van der Waals surface area contributed by atoms with E-state index in [2.05, 4.69) is 24.8 Å².